The molecule has 3 aromatic heterocycles. The van der Waals surface area contributed by atoms with Crippen molar-refractivity contribution in [1.82, 2.24) is 14.8 Å². The first-order chi connectivity index (χ1) is 13.9. The summed E-state index contributed by atoms with van der Waals surface area (Å²) in [4.78, 5) is 5.28. The van der Waals surface area contributed by atoms with E-state index in [0.717, 1.165) is 15.8 Å². The minimum absolute atomic E-state index is 0.154. The Hall–Kier alpha value is -2.49. The van der Waals surface area contributed by atoms with Gasteiger partial charge < -0.3 is 4.42 Å². The summed E-state index contributed by atoms with van der Waals surface area (Å²) >= 11 is 7.67. The van der Waals surface area contributed by atoms with Crippen molar-refractivity contribution in [1.29, 1.82) is 0 Å². The highest BCUT2D eigenvalue weighted by atomic mass is 35.5. The van der Waals surface area contributed by atoms with Crippen LogP contribution in [-0.4, -0.2) is 35.5 Å². The molecule has 29 heavy (non-hydrogen) atoms. The lowest BCUT2D eigenvalue weighted by atomic mass is 10.2. The van der Waals surface area contributed by atoms with Crippen LogP contribution in [0, 0.1) is 0 Å². The summed E-state index contributed by atoms with van der Waals surface area (Å²) in [5.41, 5.74) is 2.01. The molecule has 0 atom stereocenters. The van der Waals surface area contributed by atoms with Gasteiger partial charge in [-0.25, -0.2) is 8.42 Å². The molecule has 0 saturated carbocycles. The van der Waals surface area contributed by atoms with Gasteiger partial charge in [-0.2, -0.15) is 5.10 Å². The highest BCUT2D eigenvalue weighted by molar-refractivity contribution is 8.00. The van der Waals surface area contributed by atoms with E-state index in [-0.39, 0.29) is 4.90 Å². The van der Waals surface area contributed by atoms with Gasteiger partial charge in [0.15, 0.2) is 0 Å². The monoisotopic (exact) mass is 446 g/mol. The number of pyridine rings is 1. The number of aryl methyl sites for hydroxylation is 1. The van der Waals surface area contributed by atoms with Crippen LogP contribution in [0.1, 0.15) is 0 Å². The van der Waals surface area contributed by atoms with Crippen LogP contribution in [-0.2, 0) is 17.1 Å². The van der Waals surface area contributed by atoms with E-state index < -0.39 is 10.0 Å². The molecule has 0 spiro atoms. The molecular weight excluding hydrogens is 432 g/mol. The summed E-state index contributed by atoms with van der Waals surface area (Å²) in [6.07, 6.45) is 6.14. The quantitative estimate of drug-likeness (QED) is 0.469. The number of rotatable bonds is 3. The van der Waals surface area contributed by atoms with Gasteiger partial charge in [0.05, 0.1) is 23.6 Å². The maximum Gasteiger partial charge on any atom is 0.267 e. The number of anilines is 1. The van der Waals surface area contributed by atoms with Gasteiger partial charge >= 0.3 is 0 Å². The molecule has 1 aromatic carbocycles. The van der Waals surface area contributed by atoms with E-state index in [1.807, 2.05) is 18.2 Å². The minimum Gasteiger partial charge on any atom is -0.456 e. The maximum atomic E-state index is 13.2. The van der Waals surface area contributed by atoms with Crippen LogP contribution in [0.15, 0.2) is 63.3 Å². The Balaban J connectivity index is 1.64. The van der Waals surface area contributed by atoms with Crippen LogP contribution in [0.25, 0.3) is 22.3 Å². The molecule has 0 aliphatic carbocycles. The molecule has 0 radical (unpaired) electrons. The molecule has 148 valence electrons. The predicted octanol–water partition coefficient (Wildman–Crippen LogP) is 4.18. The van der Waals surface area contributed by atoms with Crippen molar-refractivity contribution >= 4 is 50.0 Å². The van der Waals surface area contributed by atoms with Gasteiger partial charge in [0.25, 0.3) is 10.0 Å². The Morgan fingerprint density at radius 3 is 2.86 bits per heavy atom. The number of benzene rings is 1. The van der Waals surface area contributed by atoms with Crippen molar-refractivity contribution in [2.75, 3.05) is 16.6 Å². The van der Waals surface area contributed by atoms with Crippen LogP contribution >= 0.6 is 23.4 Å². The van der Waals surface area contributed by atoms with Gasteiger partial charge in [0, 0.05) is 47.0 Å². The second-order valence-electron chi connectivity index (χ2n) is 6.60. The van der Waals surface area contributed by atoms with Gasteiger partial charge in [0.2, 0.25) is 0 Å². The number of thioether (sulfide) groups is 1. The number of nitrogens with zero attached hydrogens (tertiary/aromatic N) is 4. The van der Waals surface area contributed by atoms with E-state index >= 15 is 0 Å². The van der Waals surface area contributed by atoms with Gasteiger partial charge in [0.1, 0.15) is 16.2 Å². The fourth-order valence-corrected chi connectivity index (χ4v) is 6.25. The number of fused-ring (bicyclic) bond motifs is 2. The molecule has 4 aromatic rings. The Bertz CT molecular complexity index is 1350. The SMILES string of the molecule is Cn1cc(S(=O)(=O)N2CCSc3c(-c4cc5cc(Cl)ccc5o4)cncc32)cn1. The van der Waals surface area contributed by atoms with Gasteiger partial charge in [-0.05, 0) is 24.3 Å². The zero-order valence-electron chi connectivity index (χ0n) is 15.2. The summed E-state index contributed by atoms with van der Waals surface area (Å²) < 4.78 is 35.2. The largest absolute Gasteiger partial charge is 0.456 e. The summed E-state index contributed by atoms with van der Waals surface area (Å²) in [5, 5.41) is 5.50. The van der Waals surface area contributed by atoms with Crippen LogP contribution in [0.2, 0.25) is 5.02 Å². The second-order valence-corrected chi connectivity index (χ2v) is 10.0. The molecule has 5 rings (SSSR count). The number of hydrogen-bond acceptors (Lipinski definition) is 6. The van der Waals surface area contributed by atoms with E-state index in [2.05, 4.69) is 10.1 Å². The van der Waals surface area contributed by atoms with Crippen molar-refractivity contribution in [3.63, 3.8) is 0 Å². The zero-order valence-corrected chi connectivity index (χ0v) is 17.6. The van der Waals surface area contributed by atoms with Crippen LogP contribution in [0.3, 0.4) is 0 Å². The summed E-state index contributed by atoms with van der Waals surface area (Å²) in [6.45, 7) is 0.357. The molecule has 7 nitrogen and oxygen atoms in total. The molecule has 0 amide bonds. The molecule has 0 saturated heterocycles. The van der Waals surface area contributed by atoms with E-state index in [9.17, 15) is 8.42 Å². The van der Waals surface area contributed by atoms with Crippen LogP contribution in [0.5, 0.6) is 0 Å². The molecule has 1 aliphatic rings. The topological polar surface area (TPSA) is 81.2 Å². The first kappa shape index (κ1) is 18.5. The molecule has 0 fully saturated rings. The molecule has 0 bridgehead atoms. The van der Waals surface area contributed by atoms with Crippen LogP contribution < -0.4 is 4.31 Å². The van der Waals surface area contributed by atoms with Crippen molar-refractivity contribution in [2.45, 2.75) is 9.79 Å². The summed E-state index contributed by atoms with van der Waals surface area (Å²) in [5.74, 6) is 1.25. The highest BCUT2D eigenvalue weighted by Crippen LogP contribution is 2.44. The van der Waals surface area contributed by atoms with E-state index in [0.29, 0.717) is 34.4 Å². The summed E-state index contributed by atoms with van der Waals surface area (Å²) in [6, 6.07) is 7.32. The van der Waals surface area contributed by atoms with Crippen molar-refractivity contribution in [2.24, 2.45) is 7.05 Å². The predicted molar refractivity (Wildman–Crippen MR) is 113 cm³/mol. The standard InChI is InChI=1S/C19H15ClN4O3S2/c1-23-11-14(8-22-23)29(25,26)24-4-5-28-19-15(9-21-10-16(19)24)18-7-12-6-13(20)2-3-17(12)27-18/h2-3,6-11H,4-5H2,1H3. The Morgan fingerprint density at radius 1 is 1.21 bits per heavy atom. The number of halogens is 1. The molecule has 1 aliphatic heterocycles. The molecule has 0 N–H and O–H groups in total. The number of sulfonamides is 1. The third-order valence-corrected chi connectivity index (χ3v) is 7.81. The fourth-order valence-electron chi connectivity index (χ4n) is 3.35. The maximum absolute atomic E-state index is 13.2. The average Bonchev–Trinajstić information content (AvgIpc) is 3.33. The van der Waals surface area contributed by atoms with E-state index in [4.69, 9.17) is 16.0 Å². The number of hydrogen-bond donors (Lipinski definition) is 0. The second kappa shape index (κ2) is 6.79. The molecule has 10 heteroatoms. The zero-order chi connectivity index (χ0) is 20.2. The van der Waals surface area contributed by atoms with Gasteiger partial charge in [-0.1, -0.05) is 11.6 Å². The van der Waals surface area contributed by atoms with E-state index in [1.54, 1.807) is 37.3 Å². The third kappa shape index (κ3) is 3.09. The highest BCUT2D eigenvalue weighted by Gasteiger charge is 2.32. The smallest absolute Gasteiger partial charge is 0.267 e. The van der Waals surface area contributed by atoms with Gasteiger partial charge in [-0.15, -0.1) is 11.8 Å². The molecule has 0 unspecified atom stereocenters. The Labute approximate surface area is 176 Å². The normalized spacial score (nSPS) is 14.3. The lowest BCUT2D eigenvalue weighted by Gasteiger charge is -2.30. The number of furan rings is 1. The lowest BCUT2D eigenvalue weighted by molar-refractivity contribution is 0.591. The van der Waals surface area contributed by atoms with Crippen LogP contribution in [0.4, 0.5) is 5.69 Å². The first-order valence-corrected chi connectivity index (χ1v) is 11.6. The Morgan fingerprint density at radius 2 is 2.07 bits per heavy atom. The van der Waals surface area contributed by atoms with Crippen molar-refractivity contribution in [3.05, 3.63) is 54.1 Å². The summed E-state index contributed by atoms with van der Waals surface area (Å²) in [7, 11) is -2.05. The average molecular weight is 447 g/mol. The van der Waals surface area contributed by atoms with Crippen molar-refractivity contribution < 1.29 is 12.8 Å². The lowest BCUT2D eigenvalue weighted by Crippen LogP contribution is -2.35. The molecule has 4 heterocycles. The fraction of sp³-hybridized carbons (Fsp3) is 0.158. The van der Waals surface area contributed by atoms with Gasteiger partial charge in [-0.3, -0.25) is 14.0 Å². The Kier molecular flexibility index (Phi) is 4.34. The van der Waals surface area contributed by atoms with E-state index in [1.165, 1.54) is 21.4 Å². The molecular formula is C19H15ClN4O3S2. The third-order valence-electron chi connectivity index (χ3n) is 4.70. The first-order valence-electron chi connectivity index (χ1n) is 8.75. The van der Waals surface area contributed by atoms with Crippen molar-refractivity contribution in [3.8, 4) is 11.3 Å². The minimum atomic E-state index is -3.74. The number of aromatic nitrogens is 3.